The Morgan fingerprint density at radius 3 is 2.30 bits per heavy atom. The first-order chi connectivity index (χ1) is 11.1. The SMILES string of the molecule is CSC(=N)N(C)C(=O)N(C(=O)N1CCCCC1)c1ccccc1. The second kappa shape index (κ2) is 8.01. The molecule has 1 aliphatic rings. The van der Waals surface area contributed by atoms with E-state index in [9.17, 15) is 9.59 Å². The van der Waals surface area contributed by atoms with Gasteiger partial charge in [-0.05, 0) is 37.7 Å². The molecule has 0 radical (unpaired) electrons. The van der Waals surface area contributed by atoms with Gasteiger partial charge in [-0.1, -0.05) is 30.0 Å². The van der Waals surface area contributed by atoms with Crippen LogP contribution in [-0.2, 0) is 0 Å². The van der Waals surface area contributed by atoms with Crippen LogP contribution in [0.4, 0.5) is 15.3 Å². The van der Waals surface area contributed by atoms with Crippen LogP contribution in [0, 0.1) is 5.41 Å². The highest BCUT2D eigenvalue weighted by atomic mass is 32.2. The van der Waals surface area contributed by atoms with Crippen LogP contribution in [0.1, 0.15) is 19.3 Å². The quantitative estimate of drug-likeness (QED) is 0.632. The third-order valence-corrected chi connectivity index (χ3v) is 4.47. The number of anilines is 1. The summed E-state index contributed by atoms with van der Waals surface area (Å²) in [5, 5.41) is 7.93. The van der Waals surface area contributed by atoms with Gasteiger partial charge in [0.2, 0.25) is 0 Å². The molecule has 2 rings (SSSR count). The van der Waals surface area contributed by atoms with Crippen LogP contribution < -0.4 is 4.90 Å². The molecule has 4 amide bonds. The molecule has 1 saturated heterocycles. The van der Waals surface area contributed by atoms with Crippen LogP contribution in [0.2, 0.25) is 0 Å². The lowest BCUT2D eigenvalue weighted by molar-refractivity contribution is 0.189. The van der Waals surface area contributed by atoms with Gasteiger partial charge in [0.1, 0.15) is 0 Å². The predicted molar refractivity (Wildman–Crippen MR) is 94.1 cm³/mol. The van der Waals surface area contributed by atoms with Crippen molar-refractivity contribution in [1.82, 2.24) is 9.80 Å². The maximum absolute atomic E-state index is 12.9. The maximum Gasteiger partial charge on any atom is 0.338 e. The second-order valence-electron chi connectivity index (χ2n) is 5.35. The lowest BCUT2D eigenvalue weighted by atomic mass is 10.1. The van der Waals surface area contributed by atoms with Crippen molar-refractivity contribution in [3.05, 3.63) is 30.3 Å². The molecule has 0 saturated carbocycles. The Hall–Kier alpha value is -2.02. The molecule has 0 bridgehead atoms. The number of carbonyl (C=O) groups is 2. The fourth-order valence-corrected chi connectivity index (χ4v) is 2.83. The molecular weight excluding hydrogens is 312 g/mol. The molecule has 0 spiro atoms. The van der Waals surface area contributed by atoms with E-state index in [1.54, 1.807) is 35.4 Å². The molecular formula is C16H22N4O2S. The van der Waals surface area contributed by atoms with E-state index < -0.39 is 6.03 Å². The molecule has 0 atom stereocenters. The lowest BCUT2D eigenvalue weighted by Gasteiger charge is -2.33. The summed E-state index contributed by atoms with van der Waals surface area (Å²) in [6.07, 6.45) is 4.75. The van der Waals surface area contributed by atoms with Gasteiger partial charge >= 0.3 is 12.1 Å². The molecule has 0 aliphatic carbocycles. The number of likely N-dealkylation sites (tertiary alicyclic amines) is 1. The number of nitrogens with one attached hydrogen (secondary N) is 1. The summed E-state index contributed by atoms with van der Waals surface area (Å²) in [7, 11) is 1.51. The van der Waals surface area contributed by atoms with Crippen molar-refractivity contribution in [2.45, 2.75) is 19.3 Å². The Labute approximate surface area is 140 Å². The van der Waals surface area contributed by atoms with Crippen molar-refractivity contribution in [3.63, 3.8) is 0 Å². The van der Waals surface area contributed by atoms with Crippen LogP contribution >= 0.6 is 11.8 Å². The van der Waals surface area contributed by atoms with E-state index in [2.05, 4.69) is 0 Å². The summed E-state index contributed by atoms with van der Waals surface area (Å²) in [6, 6.07) is 8.06. The van der Waals surface area contributed by atoms with Crippen molar-refractivity contribution in [3.8, 4) is 0 Å². The molecule has 0 aromatic heterocycles. The van der Waals surface area contributed by atoms with E-state index in [0.29, 0.717) is 18.8 Å². The summed E-state index contributed by atoms with van der Waals surface area (Å²) in [6.45, 7) is 1.33. The number of para-hydroxylation sites is 1. The Balaban J connectivity index is 2.30. The van der Waals surface area contributed by atoms with E-state index in [1.165, 1.54) is 11.9 Å². The van der Waals surface area contributed by atoms with Gasteiger partial charge in [0.15, 0.2) is 5.17 Å². The fraction of sp³-hybridized carbons (Fsp3) is 0.438. The first-order valence-corrected chi connectivity index (χ1v) is 8.83. The molecule has 1 aromatic carbocycles. The van der Waals surface area contributed by atoms with Gasteiger partial charge in [0.05, 0.1) is 5.69 Å². The maximum atomic E-state index is 12.9. The highest BCUT2D eigenvalue weighted by molar-refractivity contribution is 8.13. The number of hydrogen-bond donors (Lipinski definition) is 1. The molecule has 1 aliphatic heterocycles. The Bertz CT molecular complexity index is 573. The standard InChI is InChI=1S/C16H22N4O2S/c1-18(14(17)23-2)15(21)20(13-9-5-3-6-10-13)16(22)19-11-7-4-8-12-19/h3,5-6,9-10,17H,4,7-8,11-12H2,1-2H3. The Morgan fingerprint density at radius 2 is 1.74 bits per heavy atom. The smallest absolute Gasteiger partial charge is 0.324 e. The largest absolute Gasteiger partial charge is 0.338 e. The van der Waals surface area contributed by atoms with Crippen molar-refractivity contribution in [2.75, 3.05) is 31.3 Å². The monoisotopic (exact) mass is 334 g/mol. The minimum absolute atomic E-state index is 0.0994. The molecule has 23 heavy (non-hydrogen) atoms. The molecule has 1 fully saturated rings. The molecule has 1 heterocycles. The van der Waals surface area contributed by atoms with Gasteiger partial charge < -0.3 is 4.90 Å². The van der Waals surface area contributed by atoms with E-state index in [4.69, 9.17) is 5.41 Å². The van der Waals surface area contributed by atoms with Crippen molar-refractivity contribution in [1.29, 1.82) is 5.41 Å². The summed E-state index contributed by atoms with van der Waals surface area (Å²) in [4.78, 5) is 29.7. The zero-order chi connectivity index (χ0) is 16.8. The van der Waals surface area contributed by atoms with Gasteiger partial charge in [-0.2, -0.15) is 0 Å². The number of urea groups is 2. The lowest BCUT2D eigenvalue weighted by Crippen LogP contribution is -2.52. The Morgan fingerprint density at radius 1 is 1.13 bits per heavy atom. The van der Waals surface area contributed by atoms with E-state index >= 15 is 0 Å². The van der Waals surface area contributed by atoms with Gasteiger partial charge in [-0.3, -0.25) is 10.3 Å². The minimum atomic E-state index is -0.508. The van der Waals surface area contributed by atoms with Crippen LogP contribution in [0.15, 0.2) is 30.3 Å². The normalized spacial score (nSPS) is 14.3. The van der Waals surface area contributed by atoms with Gasteiger partial charge in [-0.15, -0.1) is 0 Å². The van der Waals surface area contributed by atoms with Gasteiger partial charge in [-0.25, -0.2) is 14.5 Å². The number of amides is 4. The summed E-state index contributed by atoms with van der Waals surface area (Å²) < 4.78 is 0. The summed E-state index contributed by atoms with van der Waals surface area (Å²) in [5.41, 5.74) is 0.522. The summed E-state index contributed by atoms with van der Waals surface area (Å²) >= 11 is 1.16. The van der Waals surface area contributed by atoms with Crippen molar-refractivity contribution >= 4 is 34.7 Å². The predicted octanol–water partition coefficient (Wildman–Crippen LogP) is 3.45. The first kappa shape index (κ1) is 17.3. The third-order valence-electron chi connectivity index (χ3n) is 3.81. The number of nitrogens with zero attached hydrogens (tertiary/aromatic N) is 3. The van der Waals surface area contributed by atoms with Crippen molar-refractivity contribution in [2.24, 2.45) is 0 Å². The number of piperidine rings is 1. The van der Waals surface area contributed by atoms with Crippen LogP contribution in [0.3, 0.4) is 0 Å². The molecule has 6 nitrogen and oxygen atoms in total. The van der Waals surface area contributed by atoms with Crippen LogP contribution in [0.5, 0.6) is 0 Å². The van der Waals surface area contributed by atoms with Crippen molar-refractivity contribution < 1.29 is 9.59 Å². The third kappa shape index (κ3) is 4.04. The number of amidine groups is 1. The van der Waals surface area contributed by atoms with Gasteiger partial charge in [0.25, 0.3) is 0 Å². The number of benzene rings is 1. The van der Waals surface area contributed by atoms with E-state index in [-0.39, 0.29) is 11.2 Å². The highest BCUT2D eigenvalue weighted by Crippen LogP contribution is 2.20. The molecule has 1 N–H and O–H groups in total. The average molecular weight is 334 g/mol. The minimum Gasteiger partial charge on any atom is -0.324 e. The highest BCUT2D eigenvalue weighted by Gasteiger charge is 2.32. The van der Waals surface area contributed by atoms with Crippen LogP contribution in [-0.4, -0.2) is 53.4 Å². The first-order valence-electron chi connectivity index (χ1n) is 7.60. The zero-order valence-corrected chi connectivity index (χ0v) is 14.3. The fourth-order valence-electron chi connectivity index (χ4n) is 2.48. The van der Waals surface area contributed by atoms with E-state index in [1.807, 2.05) is 6.07 Å². The molecule has 7 heteroatoms. The second-order valence-corrected chi connectivity index (χ2v) is 6.15. The molecule has 0 unspecified atom stereocenters. The number of rotatable bonds is 1. The molecule has 124 valence electrons. The number of hydrogen-bond acceptors (Lipinski definition) is 4. The zero-order valence-electron chi connectivity index (χ0n) is 13.5. The topological polar surface area (TPSA) is 67.7 Å². The number of carbonyl (C=O) groups excluding carboxylic acids is 2. The molecule has 1 aromatic rings. The van der Waals surface area contributed by atoms with Crippen LogP contribution in [0.25, 0.3) is 0 Å². The average Bonchev–Trinajstić information content (AvgIpc) is 2.62. The Kier molecular flexibility index (Phi) is 6.04. The number of imide groups is 1. The number of thioether (sulfide) groups is 1. The van der Waals surface area contributed by atoms with Gasteiger partial charge in [0, 0.05) is 20.1 Å². The summed E-state index contributed by atoms with van der Waals surface area (Å²) in [5.74, 6) is 0. The van der Waals surface area contributed by atoms with E-state index in [0.717, 1.165) is 35.9 Å².